The third kappa shape index (κ3) is 2.20. The van der Waals surface area contributed by atoms with E-state index in [2.05, 4.69) is 9.88 Å². The van der Waals surface area contributed by atoms with Gasteiger partial charge in [-0.15, -0.1) is 0 Å². The maximum absolute atomic E-state index is 11.3. The van der Waals surface area contributed by atoms with Gasteiger partial charge in [-0.2, -0.15) is 0 Å². The van der Waals surface area contributed by atoms with Crippen LogP contribution in [0, 0.1) is 0 Å². The number of nitrogens with zero attached hydrogens (tertiary/aromatic N) is 2. The molecule has 1 aliphatic rings. The summed E-state index contributed by atoms with van der Waals surface area (Å²) in [5.74, 6) is -0.956. The normalized spacial score (nSPS) is 22.4. The minimum absolute atomic E-state index is 0.253. The lowest BCUT2D eigenvalue weighted by molar-refractivity contribution is 0.0698. The third-order valence-electron chi connectivity index (χ3n) is 3.77. The lowest BCUT2D eigenvalue weighted by atomic mass is 10.1. The standard InChI is InChI=1S/C15H16N2O3/c1-15(20)5-7-17(9-15)10-2-3-13-12(8-10)11(14(18)19)4-6-16-13/h2-4,6,8,20H,5,7,9H2,1H3,(H,18,19)/t15-/m0/s1. The van der Waals surface area contributed by atoms with Gasteiger partial charge in [-0.3, -0.25) is 4.98 Å². The van der Waals surface area contributed by atoms with Crippen molar-refractivity contribution >= 4 is 22.6 Å². The number of hydrogen-bond donors (Lipinski definition) is 2. The molecule has 0 saturated carbocycles. The molecule has 1 atom stereocenters. The highest BCUT2D eigenvalue weighted by atomic mass is 16.4. The number of anilines is 1. The Kier molecular flexibility index (Phi) is 2.87. The Balaban J connectivity index is 2.06. The molecule has 0 radical (unpaired) electrons. The SMILES string of the molecule is C[C@]1(O)CCN(c2ccc3nccc(C(=O)O)c3c2)C1. The number of aromatic carboxylic acids is 1. The molecule has 0 unspecified atom stereocenters. The van der Waals surface area contributed by atoms with Crippen LogP contribution < -0.4 is 4.90 Å². The van der Waals surface area contributed by atoms with Crippen molar-refractivity contribution in [3.8, 4) is 0 Å². The average Bonchev–Trinajstić information content (AvgIpc) is 2.77. The van der Waals surface area contributed by atoms with Crippen LogP contribution in [-0.4, -0.2) is 39.9 Å². The number of benzene rings is 1. The van der Waals surface area contributed by atoms with Gasteiger partial charge in [0.15, 0.2) is 0 Å². The lowest BCUT2D eigenvalue weighted by Crippen LogP contribution is -2.29. The fraction of sp³-hybridized carbons (Fsp3) is 0.333. The smallest absolute Gasteiger partial charge is 0.336 e. The molecule has 104 valence electrons. The molecule has 5 heteroatoms. The Hall–Kier alpha value is -2.14. The van der Waals surface area contributed by atoms with E-state index in [0.717, 1.165) is 12.2 Å². The predicted molar refractivity (Wildman–Crippen MR) is 76.2 cm³/mol. The fourth-order valence-corrected chi connectivity index (χ4v) is 2.68. The second kappa shape index (κ2) is 4.45. The van der Waals surface area contributed by atoms with Crippen LogP contribution in [0.4, 0.5) is 5.69 Å². The van der Waals surface area contributed by atoms with Crippen LogP contribution in [0.25, 0.3) is 10.9 Å². The maximum atomic E-state index is 11.3. The number of fused-ring (bicyclic) bond motifs is 1. The lowest BCUT2D eigenvalue weighted by Gasteiger charge is -2.21. The van der Waals surface area contributed by atoms with Crippen molar-refractivity contribution in [2.75, 3.05) is 18.0 Å². The van der Waals surface area contributed by atoms with Gasteiger partial charge in [0.1, 0.15) is 0 Å². The second-order valence-corrected chi connectivity index (χ2v) is 5.53. The highest BCUT2D eigenvalue weighted by Gasteiger charge is 2.31. The number of aromatic nitrogens is 1. The topological polar surface area (TPSA) is 73.7 Å². The Morgan fingerprint density at radius 2 is 2.20 bits per heavy atom. The molecule has 2 N–H and O–H groups in total. The first-order valence-electron chi connectivity index (χ1n) is 6.56. The molecule has 5 nitrogen and oxygen atoms in total. The van der Waals surface area contributed by atoms with Gasteiger partial charge in [-0.25, -0.2) is 4.79 Å². The molecule has 2 heterocycles. The number of hydrogen-bond acceptors (Lipinski definition) is 4. The predicted octanol–water partition coefficient (Wildman–Crippen LogP) is 1.89. The van der Waals surface area contributed by atoms with Crippen molar-refractivity contribution in [3.63, 3.8) is 0 Å². The summed E-state index contributed by atoms with van der Waals surface area (Å²) in [5, 5.41) is 19.9. The zero-order valence-electron chi connectivity index (χ0n) is 11.2. The Bertz CT molecular complexity index is 682. The Morgan fingerprint density at radius 1 is 1.40 bits per heavy atom. The summed E-state index contributed by atoms with van der Waals surface area (Å²) in [5.41, 5.74) is 1.16. The zero-order chi connectivity index (χ0) is 14.3. The largest absolute Gasteiger partial charge is 0.478 e. The molecule has 0 aliphatic carbocycles. The summed E-state index contributed by atoms with van der Waals surface area (Å²) in [6.45, 7) is 3.14. The molecule has 0 spiro atoms. The number of pyridine rings is 1. The molecule has 1 aromatic heterocycles. The number of β-amino-alcohol motifs (C(OH)–C–C–N with tert-alkyl or cyclic N) is 1. The number of aliphatic hydroxyl groups is 1. The zero-order valence-corrected chi connectivity index (χ0v) is 11.2. The number of carboxylic acids is 1. The van der Waals surface area contributed by atoms with E-state index in [1.165, 1.54) is 12.3 Å². The van der Waals surface area contributed by atoms with Gasteiger partial charge >= 0.3 is 5.97 Å². The van der Waals surface area contributed by atoms with Crippen LogP contribution in [0.5, 0.6) is 0 Å². The first-order chi connectivity index (χ1) is 9.46. The van der Waals surface area contributed by atoms with Crippen LogP contribution >= 0.6 is 0 Å². The minimum atomic E-state index is -0.956. The number of rotatable bonds is 2. The van der Waals surface area contributed by atoms with Crippen LogP contribution in [0.15, 0.2) is 30.5 Å². The molecular formula is C15H16N2O3. The fourth-order valence-electron chi connectivity index (χ4n) is 2.68. The summed E-state index contributed by atoms with van der Waals surface area (Å²) in [6.07, 6.45) is 2.22. The van der Waals surface area contributed by atoms with Gasteiger partial charge in [0, 0.05) is 30.4 Å². The van der Waals surface area contributed by atoms with Gasteiger partial charge in [0.05, 0.1) is 16.7 Å². The molecule has 1 aromatic carbocycles. The van der Waals surface area contributed by atoms with E-state index in [9.17, 15) is 15.0 Å². The van der Waals surface area contributed by atoms with Gasteiger partial charge in [-0.1, -0.05) is 0 Å². The monoisotopic (exact) mass is 272 g/mol. The number of carboxylic acid groups (broad SMARTS) is 1. The summed E-state index contributed by atoms with van der Waals surface area (Å²) in [4.78, 5) is 17.5. The van der Waals surface area contributed by atoms with E-state index < -0.39 is 11.6 Å². The highest BCUT2D eigenvalue weighted by molar-refractivity contribution is 6.03. The molecule has 20 heavy (non-hydrogen) atoms. The van der Waals surface area contributed by atoms with Crippen molar-refractivity contribution in [3.05, 3.63) is 36.0 Å². The first-order valence-corrected chi connectivity index (χ1v) is 6.56. The van der Waals surface area contributed by atoms with Crippen molar-refractivity contribution in [1.29, 1.82) is 0 Å². The van der Waals surface area contributed by atoms with Gasteiger partial charge < -0.3 is 15.1 Å². The third-order valence-corrected chi connectivity index (χ3v) is 3.77. The van der Waals surface area contributed by atoms with Crippen molar-refractivity contribution in [1.82, 2.24) is 4.98 Å². The van der Waals surface area contributed by atoms with E-state index in [1.54, 1.807) is 0 Å². The summed E-state index contributed by atoms with van der Waals surface area (Å²) < 4.78 is 0. The molecular weight excluding hydrogens is 256 g/mol. The maximum Gasteiger partial charge on any atom is 0.336 e. The Morgan fingerprint density at radius 3 is 2.85 bits per heavy atom. The summed E-state index contributed by atoms with van der Waals surface area (Å²) >= 11 is 0. The van der Waals surface area contributed by atoms with Crippen molar-refractivity contribution < 1.29 is 15.0 Å². The molecule has 0 amide bonds. The van der Waals surface area contributed by atoms with E-state index in [-0.39, 0.29) is 5.56 Å². The molecule has 1 fully saturated rings. The summed E-state index contributed by atoms with van der Waals surface area (Å²) in [7, 11) is 0. The van der Waals surface area contributed by atoms with Gasteiger partial charge in [0.25, 0.3) is 0 Å². The van der Waals surface area contributed by atoms with E-state index in [4.69, 9.17) is 0 Å². The Labute approximate surface area is 116 Å². The van der Waals surface area contributed by atoms with Crippen LogP contribution in [0.1, 0.15) is 23.7 Å². The van der Waals surface area contributed by atoms with Gasteiger partial charge in [-0.05, 0) is 37.6 Å². The highest BCUT2D eigenvalue weighted by Crippen LogP contribution is 2.29. The first kappa shape index (κ1) is 12.9. The quantitative estimate of drug-likeness (QED) is 0.873. The second-order valence-electron chi connectivity index (χ2n) is 5.53. The van der Waals surface area contributed by atoms with Crippen LogP contribution in [0.2, 0.25) is 0 Å². The summed E-state index contributed by atoms with van der Waals surface area (Å²) in [6, 6.07) is 7.09. The number of carbonyl (C=O) groups is 1. The van der Waals surface area contributed by atoms with Gasteiger partial charge in [0.2, 0.25) is 0 Å². The molecule has 1 saturated heterocycles. The van der Waals surface area contributed by atoms with Crippen molar-refractivity contribution in [2.45, 2.75) is 18.9 Å². The van der Waals surface area contributed by atoms with E-state index >= 15 is 0 Å². The molecule has 1 aliphatic heterocycles. The van der Waals surface area contributed by atoms with Crippen LogP contribution in [-0.2, 0) is 0 Å². The van der Waals surface area contributed by atoms with E-state index in [1.807, 2.05) is 25.1 Å². The minimum Gasteiger partial charge on any atom is -0.478 e. The van der Waals surface area contributed by atoms with E-state index in [0.29, 0.717) is 23.9 Å². The van der Waals surface area contributed by atoms with Crippen molar-refractivity contribution in [2.24, 2.45) is 0 Å². The average molecular weight is 272 g/mol. The molecule has 3 rings (SSSR count). The molecule has 0 bridgehead atoms. The molecule has 2 aromatic rings. The van der Waals surface area contributed by atoms with Crippen LogP contribution in [0.3, 0.4) is 0 Å².